The molecule has 0 spiro atoms. The van der Waals surface area contributed by atoms with Gasteiger partial charge in [-0.15, -0.1) is 0 Å². The van der Waals surface area contributed by atoms with E-state index in [0.717, 1.165) is 6.20 Å². The Kier molecular flexibility index (Phi) is 5.24. The van der Waals surface area contributed by atoms with Crippen molar-refractivity contribution < 1.29 is 14.3 Å². The summed E-state index contributed by atoms with van der Waals surface area (Å²) in [5.74, 6) is -1.76. The molecule has 0 saturated carbocycles. The second-order valence-corrected chi connectivity index (χ2v) is 5.34. The average molecular weight is 360 g/mol. The van der Waals surface area contributed by atoms with Crippen molar-refractivity contribution >= 4 is 46.7 Å². The zero-order chi connectivity index (χ0) is 16.3. The van der Waals surface area contributed by atoms with E-state index in [1.807, 2.05) is 0 Å². The van der Waals surface area contributed by atoms with Crippen molar-refractivity contribution in [2.24, 2.45) is 5.73 Å². The van der Waals surface area contributed by atoms with Crippen LogP contribution in [0.15, 0.2) is 36.5 Å². The number of carbonyl (C=O) groups excluding carboxylic acids is 2. The predicted molar refractivity (Wildman–Crippen MR) is 83.1 cm³/mol. The van der Waals surface area contributed by atoms with Gasteiger partial charge in [-0.25, -0.2) is 9.78 Å². The molecular weight excluding hydrogens is 351 g/mol. The quantitative estimate of drug-likeness (QED) is 0.848. The topological polar surface area (TPSA) is 82.3 Å². The Labute approximate surface area is 140 Å². The molecule has 0 fully saturated rings. The Balaban J connectivity index is 2.30. The van der Waals surface area contributed by atoms with Crippen molar-refractivity contribution in [2.45, 2.75) is 6.10 Å². The maximum atomic E-state index is 12.1. The molecule has 0 aliphatic carbocycles. The number of benzene rings is 1. The van der Waals surface area contributed by atoms with Crippen LogP contribution in [0.3, 0.4) is 0 Å². The Bertz CT molecular complexity index is 723. The fourth-order valence-corrected chi connectivity index (χ4v) is 2.22. The molecular formula is C14H9Cl3N2O3. The van der Waals surface area contributed by atoms with Gasteiger partial charge in [0.15, 0.2) is 5.69 Å². The lowest BCUT2D eigenvalue weighted by Gasteiger charge is -2.15. The van der Waals surface area contributed by atoms with Crippen LogP contribution in [0.4, 0.5) is 0 Å². The standard InChI is InChI=1S/C14H9Cl3N2O3/c15-8-6-19-11(10(17)9(8)16)14(21)22-12(13(18)20)7-4-2-1-3-5-7/h1-6,12H,(H2,18,20). The molecule has 2 aromatic rings. The van der Waals surface area contributed by atoms with Gasteiger partial charge in [0.25, 0.3) is 5.91 Å². The first-order valence-corrected chi connectivity index (χ1v) is 7.10. The SMILES string of the molecule is NC(=O)C(OC(=O)c1ncc(Cl)c(Cl)c1Cl)c1ccccc1. The van der Waals surface area contributed by atoms with Crippen LogP contribution in [0.1, 0.15) is 22.2 Å². The molecule has 5 nitrogen and oxygen atoms in total. The van der Waals surface area contributed by atoms with Crippen molar-refractivity contribution in [3.8, 4) is 0 Å². The van der Waals surface area contributed by atoms with E-state index in [1.54, 1.807) is 30.3 Å². The van der Waals surface area contributed by atoms with Crippen LogP contribution in [0.2, 0.25) is 15.1 Å². The molecule has 114 valence electrons. The fourth-order valence-electron chi connectivity index (χ4n) is 1.67. The summed E-state index contributed by atoms with van der Waals surface area (Å²) in [7, 11) is 0. The number of esters is 1. The van der Waals surface area contributed by atoms with Crippen LogP contribution >= 0.6 is 34.8 Å². The molecule has 1 heterocycles. The van der Waals surface area contributed by atoms with Gasteiger partial charge in [-0.1, -0.05) is 65.1 Å². The van der Waals surface area contributed by atoms with Gasteiger partial charge in [-0.2, -0.15) is 0 Å². The number of halogens is 3. The fraction of sp³-hybridized carbons (Fsp3) is 0.0714. The Hall–Kier alpha value is -1.82. The second kappa shape index (κ2) is 6.96. The summed E-state index contributed by atoms with van der Waals surface area (Å²) in [6.07, 6.45) is -0.102. The minimum absolute atomic E-state index is 0.0272. The van der Waals surface area contributed by atoms with Crippen molar-refractivity contribution in [3.05, 3.63) is 62.9 Å². The minimum Gasteiger partial charge on any atom is -0.443 e. The van der Waals surface area contributed by atoms with Crippen LogP contribution in [0.25, 0.3) is 0 Å². The largest absolute Gasteiger partial charge is 0.443 e. The van der Waals surface area contributed by atoms with Crippen molar-refractivity contribution in [3.63, 3.8) is 0 Å². The molecule has 1 atom stereocenters. The average Bonchev–Trinajstić information content (AvgIpc) is 2.50. The van der Waals surface area contributed by atoms with Crippen molar-refractivity contribution in [1.82, 2.24) is 4.98 Å². The van der Waals surface area contributed by atoms with E-state index in [9.17, 15) is 9.59 Å². The van der Waals surface area contributed by atoms with E-state index in [4.69, 9.17) is 45.3 Å². The molecule has 1 amide bonds. The lowest BCUT2D eigenvalue weighted by molar-refractivity contribution is -0.127. The Morgan fingerprint density at radius 3 is 2.32 bits per heavy atom. The van der Waals surface area contributed by atoms with Gasteiger partial charge in [0.1, 0.15) is 0 Å². The third kappa shape index (κ3) is 3.50. The molecule has 1 aromatic heterocycles. The van der Waals surface area contributed by atoms with Crippen LogP contribution in [0, 0.1) is 0 Å². The van der Waals surface area contributed by atoms with Crippen LogP contribution in [0.5, 0.6) is 0 Å². The minimum atomic E-state index is -1.26. The highest BCUT2D eigenvalue weighted by molar-refractivity contribution is 6.48. The second-order valence-electron chi connectivity index (χ2n) is 4.18. The number of hydrogen-bond acceptors (Lipinski definition) is 4. The van der Waals surface area contributed by atoms with E-state index < -0.39 is 18.0 Å². The van der Waals surface area contributed by atoms with E-state index in [1.165, 1.54) is 0 Å². The Morgan fingerprint density at radius 2 is 1.73 bits per heavy atom. The number of pyridine rings is 1. The molecule has 8 heteroatoms. The van der Waals surface area contributed by atoms with Gasteiger partial charge in [0.2, 0.25) is 6.10 Å². The number of ether oxygens (including phenoxy) is 1. The highest BCUT2D eigenvalue weighted by Gasteiger charge is 2.26. The van der Waals surface area contributed by atoms with Crippen LogP contribution in [-0.2, 0) is 9.53 Å². The monoisotopic (exact) mass is 358 g/mol. The van der Waals surface area contributed by atoms with Gasteiger partial charge in [-0.05, 0) is 0 Å². The van der Waals surface area contributed by atoms with E-state index in [-0.39, 0.29) is 20.8 Å². The summed E-state index contributed by atoms with van der Waals surface area (Å²) in [5.41, 5.74) is 5.45. The van der Waals surface area contributed by atoms with Gasteiger partial charge < -0.3 is 10.5 Å². The zero-order valence-electron chi connectivity index (χ0n) is 10.9. The smallest absolute Gasteiger partial charge is 0.359 e. The summed E-state index contributed by atoms with van der Waals surface area (Å²) in [6.45, 7) is 0. The zero-order valence-corrected chi connectivity index (χ0v) is 13.2. The van der Waals surface area contributed by atoms with Gasteiger partial charge in [0, 0.05) is 11.8 Å². The molecule has 2 rings (SSSR count). The highest BCUT2D eigenvalue weighted by atomic mass is 35.5. The predicted octanol–water partition coefficient (Wildman–Crippen LogP) is 3.43. The third-order valence-electron chi connectivity index (χ3n) is 2.70. The summed E-state index contributed by atoms with van der Waals surface area (Å²) < 4.78 is 5.10. The molecule has 0 aliphatic heterocycles. The number of aromatic nitrogens is 1. The van der Waals surface area contributed by atoms with Crippen LogP contribution in [-0.4, -0.2) is 16.9 Å². The van der Waals surface area contributed by atoms with E-state index in [0.29, 0.717) is 5.56 Å². The number of nitrogens with zero attached hydrogens (tertiary/aromatic N) is 1. The molecule has 0 bridgehead atoms. The van der Waals surface area contributed by atoms with E-state index in [2.05, 4.69) is 4.98 Å². The maximum absolute atomic E-state index is 12.1. The Morgan fingerprint density at radius 1 is 1.09 bits per heavy atom. The molecule has 1 aromatic carbocycles. The molecule has 0 saturated heterocycles. The molecule has 22 heavy (non-hydrogen) atoms. The normalized spacial score (nSPS) is 11.8. The van der Waals surface area contributed by atoms with Crippen molar-refractivity contribution in [2.75, 3.05) is 0 Å². The lowest BCUT2D eigenvalue weighted by Crippen LogP contribution is -2.26. The number of nitrogens with two attached hydrogens (primary N) is 1. The summed E-state index contributed by atoms with van der Waals surface area (Å²) in [4.78, 5) is 27.4. The molecule has 1 unspecified atom stereocenters. The van der Waals surface area contributed by atoms with Gasteiger partial charge in [-0.3, -0.25) is 4.79 Å². The van der Waals surface area contributed by atoms with Gasteiger partial charge >= 0.3 is 5.97 Å². The number of primary amides is 1. The molecule has 0 radical (unpaired) electrons. The third-order valence-corrected chi connectivity index (χ3v) is 3.94. The summed E-state index contributed by atoms with van der Waals surface area (Å²) in [5, 5.41) is -0.0891. The highest BCUT2D eigenvalue weighted by Crippen LogP contribution is 2.32. The first-order valence-electron chi connectivity index (χ1n) is 5.96. The summed E-state index contributed by atoms with van der Waals surface area (Å²) in [6, 6.07) is 8.33. The number of rotatable bonds is 4. The van der Waals surface area contributed by atoms with Crippen molar-refractivity contribution in [1.29, 1.82) is 0 Å². The first kappa shape index (κ1) is 16.5. The first-order chi connectivity index (χ1) is 10.4. The lowest BCUT2D eigenvalue weighted by atomic mass is 10.1. The van der Waals surface area contributed by atoms with Crippen LogP contribution < -0.4 is 5.73 Å². The van der Waals surface area contributed by atoms with Gasteiger partial charge in [0.05, 0.1) is 15.1 Å². The number of carbonyl (C=O) groups is 2. The number of hydrogen-bond donors (Lipinski definition) is 1. The number of amides is 1. The maximum Gasteiger partial charge on any atom is 0.359 e. The molecule has 2 N–H and O–H groups in total. The van der Waals surface area contributed by atoms with E-state index >= 15 is 0 Å². The summed E-state index contributed by atoms with van der Waals surface area (Å²) >= 11 is 17.5. The molecule has 0 aliphatic rings.